The Morgan fingerprint density at radius 2 is 1.87 bits per heavy atom. The maximum Gasteiger partial charge on any atom is 0.323 e. The lowest BCUT2D eigenvalue weighted by Crippen LogP contribution is -2.20. The third-order valence-corrected chi connectivity index (χ3v) is 3.33. The number of carbonyl (C=O) groups is 1. The molecule has 0 fully saturated rings. The quantitative estimate of drug-likeness (QED) is 0.646. The predicted octanol–water partition coefficient (Wildman–Crippen LogP) is 4.21. The fourth-order valence-corrected chi connectivity index (χ4v) is 2.07. The van der Waals surface area contributed by atoms with Crippen molar-refractivity contribution in [1.29, 1.82) is 0 Å². The molecule has 2 rings (SSSR count). The van der Waals surface area contributed by atoms with Gasteiger partial charge in [-0.2, -0.15) is 0 Å². The van der Waals surface area contributed by atoms with E-state index < -0.39 is 11.0 Å². The molecule has 2 N–H and O–H groups in total. The Morgan fingerprint density at radius 3 is 2.52 bits per heavy atom. The molecule has 120 valence electrons. The maximum absolute atomic E-state index is 12.1. The summed E-state index contributed by atoms with van der Waals surface area (Å²) < 4.78 is 5.06. The number of urea groups is 1. The highest BCUT2D eigenvalue weighted by Crippen LogP contribution is 2.29. The summed E-state index contributed by atoms with van der Waals surface area (Å²) in [6.45, 7) is 1.83. The highest BCUT2D eigenvalue weighted by atomic mass is 35.5. The van der Waals surface area contributed by atoms with E-state index in [1.165, 1.54) is 25.3 Å². The Morgan fingerprint density at radius 1 is 1.17 bits per heavy atom. The van der Waals surface area contributed by atoms with Crippen LogP contribution in [-0.2, 0) is 0 Å². The molecule has 2 aromatic rings. The van der Waals surface area contributed by atoms with Crippen LogP contribution in [0.25, 0.3) is 0 Å². The van der Waals surface area contributed by atoms with Crippen LogP contribution < -0.4 is 15.4 Å². The van der Waals surface area contributed by atoms with Crippen LogP contribution in [0.5, 0.6) is 5.75 Å². The molecule has 0 aliphatic rings. The average Bonchev–Trinajstić information content (AvgIpc) is 2.51. The van der Waals surface area contributed by atoms with E-state index in [4.69, 9.17) is 16.3 Å². The monoisotopic (exact) mass is 335 g/mol. The standard InChI is InChI=1S/C15H14ClN3O4/c1-9-3-4-10(16)7-13(9)18-15(20)17-12-6-5-11(19(21)22)8-14(12)23-2/h3-8H,1-2H3,(H2,17,18,20). The fourth-order valence-electron chi connectivity index (χ4n) is 1.90. The van der Waals surface area contributed by atoms with E-state index in [1.807, 2.05) is 6.92 Å². The number of hydrogen-bond donors (Lipinski definition) is 2. The van der Waals surface area contributed by atoms with E-state index in [0.29, 0.717) is 16.4 Å². The summed E-state index contributed by atoms with van der Waals surface area (Å²) in [5, 5.41) is 16.5. The minimum absolute atomic E-state index is 0.126. The van der Waals surface area contributed by atoms with Gasteiger partial charge in [-0.1, -0.05) is 17.7 Å². The topological polar surface area (TPSA) is 93.5 Å². The van der Waals surface area contributed by atoms with E-state index in [2.05, 4.69) is 10.6 Å². The molecule has 7 nitrogen and oxygen atoms in total. The zero-order chi connectivity index (χ0) is 17.0. The highest BCUT2D eigenvalue weighted by Gasteiger charge is 2.14. The number of non-ortho nitro benzene ring substituents is 1. The number of rotatable bonds is 4. The number of nitrogens with one attached hydrogen (secondary N) is 2. The molecule has 0 saturated heterocycles. The third kappa shape index (κ3) is 4.10. The van der Waals surface area contributed by atoms with E-state index in [1.54, 1.807) is 18.2 Å². The van der Waals surface area contributed by atoms with Crippen LogP contribution in [0.1, 0.15) is 5.56 Å². The number of halogens is 1. The number of carbonyl (C=O) groups excluding carboxylic acids is 1. The number of nitro groups is 1. The summed E-state index contributed by atoms with van der Waals surface area (Å²) in [5.74, 6) is 0.192. The van der Waals surface area contributed by atoms with Crippen LogP contribution >= 0.6 is 11.6 Å². The SMILES string of the molecule is COc1cc([N+](=O)[O-])ccc1NC(=O)Nc1cc(Cl)ccc1C. The molecule has 0 aliphatic carbocycles. The van der Waals surface area contributed by atoms with Crippen LogP contribution in [-0.4, -0.2) is 18.1 Å². The molecule has 0 unspecified atom stereocenters. The van der Waals surface area contributed by atoms with E-state index in [9.17, 15) is 14.9 Å². The van der Waals surface area contributed by atoms with E-state index in [-0.39, 0.29) is 11.4 Å². The zero-order valence-electron chi connectivity index (χ0n) is 12.4. The average molecular weight is 336 g/mol. The summed E-state index contributed by atoms with van der Waals surface area (Å²) in [6.07, 6.45) is 0. The number of amides is 2. The Kier molecular flexibility index (Phi) is 5.02. The Hall–Kier alpha value is -2.80. The van der Waals surface area contributed by atoms with Crippen molar-refractivity contribution in [3.63, 3.8) is 0 Å². The van der Waals surface area contributed by atoms with Crippen molar-refractivity contribution in [1.82, 2.24) is 0 Å². The first-order valence-electron chi connectivity index (χ1n) is 6.57. The van der Waals surface area contributed by atoms with Crippen molar-refractivity contribution >= 4 is 34.7 Å². The predicted molar refractivity (Wildman–Crippen MR) is 88.5 cm³/mol. The molecular formula is C15H14ClN3O4. The Bertz CT molecular complexity index is 764. The zero-order valence-corrected chi connectivity index (χ0v) is 13.2. The molecule has 0 spiro atoms. The third-order valence-electron chi connectivity index (χ3n) is 3.09. The number of methoxy groups -OCH3 is 1. The normalized spacial score (nSPS) is 10.0. The second-order valence-electron chi connectivity index (χ2n) is 4.68. The first kappa shape index (κ1) is 16.6. The number of nitrogens with zero attached hydrogens (tertiary/aromatic N) is 1. The van der Waals surface area contributed by atoms with Gasteiger partial charge in [-0.15, -0.1) is 0 Å². The van der Waals surface area contributed by atoms with Gasteiger partial charge in [0, 0.05) is 16.8 Å². The Balaban J connectivity index is 2.17. The van der Waals surface area contributed by atoms with Crippen molar-refractivity contribution in [2.24, 2.45) is 0 Å². The fraction of sp³-hybridized carbons (Fsp3) is 0.133. The van der Waals surface area contributed by atoms with Crippen molar-refractivity contribution in [3.05, 3.63) is 57.1 Å². The van der Waals surface area contributed by atoms with Crippen molar-refractivity contribution in [3.8, 4) is 5.75 Å². The maximum atomic E-state index is 12.1. The highest BCUT2D eigenvalue weighted by molar-refractivity contribution is 6.31. The van der Waals surface area contributed by atoms with Crippen LogP contribution in [0.15, 0.2) is 36.4 Å². The minimum atomic E-state index is -0.540. The molecule has 2 aromatic carbocycles. The van der Waals surface area contributed by atoms with Gasteiger partial charge in [-0.3, -0.25) is 10.1 Å². The number of hydrogen-bond acceptors (Lipinski definition) is 4. The van der Waals surface area contributed by atoms with Gasteiger partial charge < -0.3 is 15.4 Å². The van der Waals surface area contributed by atoms with Gasteiger partial charge in [0.05, 0.1) is 23.8 Å². The van der Waals surface area contributed by atoms with Crippen LogP contribution in [0.4, 0.5) is 21.9 Å². The number of benzene rings is 2. The molecule has 0 saturated carbocycles. The summed E-state index contributed by atoms with van der Waals surface area (Å²) in [5.41, 5.74) is 1.60. The first-order chi connectivity index (χ1) is 10.9. The molecule has 0 aromatic heterocycles. The molecule has 0 atom stereocenters. The molecule has 8 heteroatoms. The van der Waals surface area contributed by atoms with Gasteiger partial charge in [0.1, 0.15) is 5.75 Å². The van der Waals surface area contributed by atoms with Gasteiger partial charge >= 0.3 is 6.03 Å². The molecule has 0 radical (unpaired) electrons. The van der Waals surface area contributed by atoms with Gasteiger partial charge in [0.15, 0.2) is 0 Å². The summed E-state index contributed by atoms with van der Waals surface area (Å²) in [7, 11) is 1.36. The summed E-state index contributed by atoms with van der Waals surface area (Å²) >= 11 is 5.90. The van der Waals surface area contributed by atoms with E-state index in [0.717, 1.165) is 5.56 Å². The number of ether oxygens (including phenoxy) is 1. The molecule has 0 heterocycles. The van der Waals surface area contributed by atoms with E-state index >= 15 is 0 Å². The van der Waals surface area contributed by atoms with Crippen molar-refractivity contribution in [2.75, 3.05) is 17.7 Å². The lowest BCUT2D eigenvalue weighted by Gasteiger charge is -2.12. The second kappa shape index (κ2) is 6.97. The van der Waals surface area contributed by atoms with Crippen LogP contribution in [0.3, 0.4) is 0 Å². The first-order valence-corrected chi connectivity index (χ1v) is 6.95. The minimum Gasteiger partial charge on any atom is -0.494 e. The summed E-state index contributed by atoms with van der Waals surface area (Å²) in [6, 6.07) is 8.54. The molecule has 23 heavy (non-hydrogen) atoms. The number of nitro benzene ring substituents is 1. The molecule has 0 aliphatic heterocycles. The number of anilines is 2. The lowest BCUT2D eigenvalue weighted by molar-refractivity contribution is -0.384. The lowest BCUT2D eigenvalue weighted by atomic mass is 10.2. The van der Waals surface area contributed by atoms with Crippen molar-refractivity contribution < 1.29 is 14.5 Å². The largest absolute Gasteiger partial charge is 0.494 e. The van der Waals surface area contributed by atoms with Gasteiger partial charge in [-0.05, 0) is 30.7 Å². The van der Waals surface area contributed by atoms with Gasteiger partial charge in [0.25, 0.3) is 5.69 Å². The Labute approximate surface area is 137 Å². The van der Waals surface area contributed by atoms with Gasteiger partial charge in [-0.25, -0.2) is 4.79 Å². The molecule has 2 amide bonds. The number of aryl methyl sites for hydroxylation is 1. The van der Waals surface area contributed by atoms with Crippen molar-refractivity contribution in [2.45, 2.75) is 6.92 Å². The van der Waals surface area contributed by atoms with Gasteiger partial charge in [0.2, 0.25) is 0 Å². The smallest absolute Gasteiger partial charge is 0.323 e. The van der Waals surface area contributed by atoms with Crippen LogP contribution in [0, 0.1) is 17.0 Å². The molecular weight excluding hydrogens is 322 g/mol. The second-order valence-corrected chi connectivity index (χ2v) is 5.12. The summed E-state index contributed by atoms with van der Waals surface area (Å²) in [4.78, 5) is 22.3. The van der Waals surface area contributed by atoms with Crippen LogP contribution in [0.2, 0.25) is 5.02 Å². The molecule has 0 bridgehead atoms.